The Morgan fingerprint density at radius 3 is 2.27 bits per heavy atom. The number of hydrogen-bond acceptors (Lipinski definition) is 4. The summed E-state index contributed by atoms with van der Waals surface area (Å²) in [6.45, 7) is 10.1. The van der Waals surface area contributed by atoms with Gasteiger partial charge in [0, 0.05) is 24.4 Å². The number of pyridine rings is 1. The number of rotatable bonds is 12. The smallest absolute Gasteiger partial charge is 0.305 e. The van der Waals surface area contributed by atoms with Crippen molar-refractivity contribution in [3.63, 3.8) is 0 Å². The van der Waals surface area contributed by atoms with Crippen LogP contribution in [0, 0.1) is 33.5 Å². The quantitative estimate of drug-likeness (QED) is 0.297. The molecule has 1 aromatic heterocycles. The summed E-state index contributed by atoms with van der Waals surface area (Å²) in [6, 6.07) is 8.81. The van der Waals surface area contributed by atoms with Crippen LogP contribution < -0.4 is 10.9 Å². The van der Waals surface area contributed by atoms with Gasteiger partial charge in [-0.3, -0.25) is 14.4 Å². The van der Waals surface area contributed by atoms with Crippen LogP contribution in [0.5, 0.6) is 0 Å². The molecule has 3 aromatic rings. The average molecular weight is 564 g/mol. The SMILES string of the molecule is CCCC(C(=O)N[C@@H](CC(=O)O)c1cc(-c2c(C)cccc2C)cc(C)c1F)n1cc(CCN(C)C)c(C)cc1=O. The molecule has 41 heavy (non-hydrogen) atoms. The molecule has 0 radical (unpaired) electrons. The molecule has 2 N–H and O–H groups in total. The van der Waals surface area contributed by atoms with Crippen LogP contribution in [0.2, 0.25) is 0 Å². The number of carboxylic acids is 1. The molecule has 3 rings (SSSR count). The Kier molecular flexibility index (Phi) is 10.6. The first-order chi connectivity index (χ1) is 19.3. The molecule has 0 saturated carbocycles. The highest BCUT2D eigenvalue weighted by Crippen LogP contribution is 2.33. The van der Waals surface area contributed by atoms with Crippen molar-refractivity contribution in [1.82, 2.24) is 14.8 Å². The minimum absolute atomic E-state index is 0.108. The number of likely N-dealkylation sites (N-methyl/N-ethyl adjacent to an activating group) is 1. The first-order valence-corrected chi connectivity index (χ1v) is 14.1. The second-order valence-corrected chi connectivity index (χ2v) is 11.2. The fourth-order valence-electron chi connectivity index (χ4n) is 5.35. The van der Waals surface area contributed by atoms with E-state index in [-0.39, 0.29) is 11.1 Å². The van der Waals surface area contributed by atoms with Crippen molar-refractivity contribution in [2.45, 2.75) is 72.4 Å². The average Bonchev–Trinajstić information content (AvgIpc) is 2.88. The number of amides is 1. The number of aryl methyl sites for hydroxylation is 4. The van der Waals surface area contributed by atoms with Crippen LogP contribution in [0.4, 0.5) is 4.39 Å². The Morgan fingerprint density at radius 2 is 1.68 bits per heavy atom. The summed E-state index contributed by atoms with van der Waals surface area (Å²) in [6.07, 6.45) is 2.92. The lowest BCUT2D eigenvalue weighted by molar-refractivity contribution is -0.138. The first-order valence-electron chi connectivity index (χ1n) is 14.1. The van der Waals surface area contributed by atoms with E-state index in [0.717, 1.165) is 39.9 Å². The second-order valence-electron chi connectivity index (χ2n) is 11.2. The van der Waals surface area contributed by atoms with Gasteiger partial charge in [-0.05, 0) is 106 Å². The minimum Gasteiger partial charge on any atom is -0.481 e. The van der Waals surface area contributed by atoms with Gasteiger partial charge >= 0.3 is 5.97 Å². The largest absolute Gasteiger partial charge is 0.481 e. The summed E-state index contributed by atoms with van der Waals surface area (Å²) in [4.78, 5) is 40.8. The first kappa shape index (κ1) is 31.7. The van der Waals surface area contributed by atoms with Crippen molar-refractivity contribution in [3.8, 4) is 11.1 Å². The molecular weight excluding hydrogens is 521 g/mol. The van der Waals surface area contributed by atoms with Crippen LogP contribution in [0.1, 0.15) is 71.7 Å². The Morgan fingerprint density at radius 1 is 1.02 bits per heavy atom. The second kappa shape index (κ2) is 13.7. The fraction of sp³-hybridized carbons (Fsp3) is 0.424. The van der Waals surface area contributed by atoms with E-state index in [1.807, 2.05) is 64.9 Å². The molecule has 8 heteroatoms. The van der Waals surface area contributed by atoms with Gasteiger partial charge in [-0.1, -0.05) is 31.5 Å². The molecule has 0 fully saturated rings. The molecule has 2 aromatic carbocycles. The Bertz CT molecular complexity index is 1460. The number of carboxylic acid groups (broad SMARTS) is 1. The van der Waals surface area contributed by atoms with E-state index in [4.69, 9.17) is 0 Å². The van der Waals surface area contributed by atoms with E-state index in [2.05, 4.69) is 5.32 Å². The maximum atomic E-state index is 15.6. The minimum atomic E-state index is -1.17. The van der Waals surface area contributed by atoms with Crippen molar-refractivity contribution in [2.24, 2.45) is 0 Å². The zero-order chi connectivity index (χ0) is 30.4. The molecule has 0 spiro atoms. The molecule has 2 atom stereocenters. The zero-order valence-corrected chi connectivity index (χ0v) is 25.2. The maximum absolute atomic E-state index is 15.6. The van der Waals surface area contributed by atoms with Crippen LogP contribution in [-0.2, 0) is 16.0 Å². The normalized spacial score (nSPS) is 12.8. The number of aliphatic carboxylic acids is 1. The zero-order valence-electron chi connectivity index (χ0n) is 25.2. The third kappa shape index (κ3) is 7.70. The topological polar surface area (TPSA) is 91.6 Å². The van der Waals surface area contributed by atoms with Crippen molar-refractivity contribution < 1.29 is 19.1 Å². The number of nitrogens with zero attached hydrogens (tertiary/aromatic N) is 2. The summed E-state index contributed by atoms with van der Waals surface area (Å²) >= 11 is 0. The van der Waals surface area contributed by atoms with Gasteiger partial charge < -0.3 is 19.9 Å². The number of aromatic nitrogens is 1. The van der Waals surface area contributed by atoms with Gasteiger partial charge in [0.25, 0.3) is 5.56 Å². The highest BCUT2D eigenvalue weighted by molar-refractivity contribution is 5.82. The van der Waals surface area contributed by atoms with Crippen molar-refractivity contribution in [2.75, 3.05) is 20.6 Å². The molecule has 0 aliphatic carbocycles. The van der Waals surface area contributed by atoms with Gasteiger partial charge in [0.15, 0.2) is 0 Å². The molecule has 0 aliphatic rings. The molecule has 1 heterocycles. The fourth-order valence-corrected chi connectivity index (χ4v) is 5.35. The highest BCUT2D eigenvalue weighted by atomic mass is 19.1. The Balaban J connectivity index is 2.06. The number of carbonyl (C=O) groups excluding carboxylic acids is 1. The van der Waals surface area contributed by atoms with Gasteiger partial charge in [0.05, 0.1) is 12.5 Å². The van der Waals surface area contributed by atoms with Crippen LogP contribution >= 0.6 is 0 Å². The Labute approximate surface area is 242 Å². The monoisotopic (exact) mass is 563 g/mol. The van der Waals surface area contributed by atoms with E-state index in [1.165, 1.54) is 10.6 Å². The Hall–Kier alpha value is -3.78. The summed E-state index contributed by atoms with van der Waals surface area (Å²) in [5.41, 5.74) is 5.68. The molecule has 220 valence electrons. The van der Waals surface area contributed by atoms with E-state index < -0.39 is 36.2 Å². The van der Waals surface area contributed by atoms with E-state index in [0.29, 0.717) is 24.8 Å². The van der Waals surface area contributed by atoms with Crippen LogP contribution in [0.3, 0.4) is 0 Å². The van der Waals surface area contributed by atoms with Crippen LogP contribution in [-0.4, -0.2) is 47.1 Å². The lowest BCUT2D eigenvalue weighted by Crippen LogP contribution is -2.40. The predicted molar refractivity (Wildman–Crippen MR) is 161 cm³/mol. The summed E-state index contributed by atoms with van der Waals surface area (Å²) in [5.74, 6) is -2.25. The number of hydrogen-bond donors (Lipinski definition) is 2. The molecule has 0 saturated heterocycles. The molecule has 0 aliphatic heterocycles. The van der Waals surface area contributed by atoms with E-state index in [9.17, 15) is 19.5 Å². The highest BCUT2D eigenvalue weighted by Gasteiger charge is 2.28. The lowest BCUT2D eigenvalue weighted by Gasteiger charge is -2.25. The molecule has 1 unspecified atom stereocenters. The van der Waals surface area contributed by atoms with Gasteiger partial charge in [-0.15, -0.1) is 0 Å². The lowest BCUT2D eigenvalue weighted by atomic mass is 9.90. The van der Waals surface area contributed by atoms with Crippen LogP contribution in [0.15, 0.2) is 47.4 Å². The summed E-state index contributed by atoms with van der Waals surface area (Å²) in [7, 11) is 3.94. The molecular formula is C33H42FN3O4. The van der Waals surface area contributed by atoms with E-state index >= 15 is 4.39 Å². The molecule has 7 nitrogen and oxygen atoms in total. The molecule has 0 bridgehead atoms. The number of benzene rings is 2. The third-order valence-electron chi connectivity index (χ3n) is 7.55. The van der Waals surface area contributed by atoms with E-state index in [1.54, 1.807) is 25.3 Å². The number of nitrogens with one attached hydrogen (secondary N) is 1. The van der Waals surface area contributed by atoms with Crippen LogP contribution in [0.25, 0.3) is 11.1 Å². The van der Waals surface area contributed by atoms with Crippen molar-refractivity contribution in [3.05, 3.63) is 92.1 Å². The standard InChI is InChI=1S/C33H42FN3O4/c1-8-10-28(37-19-24(13-14-36(6)7)22(4)16-29(37)38)33(41)35-27(18-30(39)40)26-17-25(15-23(5)32(26)34)31-20(2)11-9-12-21(31)3/h9,11-12,15-17,19,27-28H,8,10,13-14,18H2,1-7H3,(H,35,41)(H,39,40)/t27-,28?/m0/s1. The number of carbonyl (C=O) groups is 2. The maximum Gasteiger partial charge on any atom is 0.305 e. The predicted octanol–water partition coefficient (Wildman–Crippen LogP) is 5.67. The van der Waals surface area contributed by atoms with Gasteiger partial charge in [0.1, 0.15) is 11.9 Å². The summed E-state index contributed by atoms with van der Waals surface area (Å²) < 4.78 is 17.1. The number of halogens is 1. The van der Waals surface area contributed by atoms with Gasteiger partial charge in [-0.25, -0.2) is 4.39 Å². The summed E-state index contributed by atoms with van der Waals surface area (Å²) in [5, 5.41) is 12.5. The third-order valence-corrected chi connectivity index (χ3v) is 7.55. The van der Waals surface area contributed by atoms with Gasteiger partial charge in [0.2, 0.25) is 5.91 Å². The van der Waals surface area contributed by atoms with Gasteiger partial charge in [-0.2, -0.15) is 0 Å². The van der Waals surface area contributed by atoms with Crippen molar-refractivity contribution in [1.29, 1.82) is 0 Å². The molecule has 1 amide bonds. The van der Waals surface area contributed by atoms with Crippen molar-refractivity contribution >= 4 is 11.9 Å².